The highest BCUT2D eigenvalue weighted by Crippen LogP contribution is 2.33. The Hall–Kier alpha value is -3.03. The molecule has 0 aliphatic carbocycles. The third-order valence-corrected chi connectivity index (χ3v) is 7.53. The summed E-state index contributed by atoms with van der Waals surface area (Å²) in [6, 6.07) is 18.8. The lowest BCUT2D eigenvalue weighted by Crippen LogP contribution is -2.35. The minimum Gasteiger partial charge on any atom is -0.496 e. The molecule has 3 aromatic rings. The lowest BCUT2D eigenvalue weighted by molar-refractivity contribution is 0.0950. The molecular weight excluding hydrogens is 448 g/mol. The lowest BCUT2D eigenvalue weighted by Gasteiger charge is -2.30. The number of hydrogen-bond donors (Lipinski definition) is 1. The van der Waals surface area contributed by atoms with E-state index in [9.17, 15) is 13.2 Å². The second kappa shape index (κ2) is 9.22. The second-order valence-electron chi connectivity index (χ2n) is 7.47. The predicted octanol–water partition coefficient (Wildman–Crippen LogP) is 4.42. The number of methoxy groups -OCH3 is 1. The van der Waals surface area contributed by atoms with Crippen LogP contribution in [0.15, 0.2) is 71.6 Å². The Morgan fingerprint density at radius 2 is 1.84 bits per heavy atom. The molecule has 0 bridgehead atoms. The van der Waals surface area contributed by atoms with Gasteiger partial charge in [-0.2, -0.15) is 0 Å². The van der Waals surface area contributed by atoms with Crippen molar-refractivity contribution < 1.29 is 17.9 Å². The maximum Gasteiger partial charge on any atom is 0.264 e. The highest BCUT2D eigenvalue weighted by atomic mass is 35.5. The van der Waals surface area contributed by atoms with Crippen LogP contribution in [-0.2, 0) is 23.0 Å². The van der Waals surface area contributed by atoms with Crippen LogP contribution in [0.3, 0.4) is 0 Å². The van der Waals surface area contributed by atoms with E-state index in [-0.39, 0.29) is 10.8 Å². The molecule has 3 aromatic carbocycles. The van der Waals surface area contributed by atoms with Crippen LogP contribution in [-0.4, -0.2) is 28.0 Å². The molecule has 0 atom stereocenters. The Kier molecular flexibility index (Phi) is 6.39. The Balaban J connectivity index is 1.55. The molecular formula is C24H23ClN2O4S. The average molecular weight is 471 g/mol. The van der Waals surface area contributed by atoms with E-state index in [1.54, 1.807) is 37.4 Å². The number of fused-ring (bicyclic) bond motifs is 1. The number of amides is 1. The molecule has 166 valence electrons. The van der Waals surface area contributed by atoms with Gasteiger partial charge in [0, 0.05) is 29.2 Å². The number of benzene rings is 3. The molecule has 1 heterocycles. The first kappa shape index (κ1) is 22.2. The number of ether oxygens (including phenoxy) is 1. The topological polar surface area (TPSA) is 75.7 Å². The molecule has 0 saturated heterocycles. The molecule has 0 fully saturated rings. The van der Waals surface area contributed by atoms with Gasteiger partial charge in [0.2, 0.25) is 0 Å². The summed E-state index contributed by atoms with van der Waals surface area (Å²) >= 11 is 5.90. The molecule has 0 aromatic heterocycles. The first-order chi connectivity index (χ1) is 15.4. The van der Waals surface area contributed by atoms with Gasteiger partial charge in [-0.3, -0.25) is 9.10 Å². The Morgan fingerprint density at radius 1 is 1.09 bits per heavy atom. The average Bonchev–Trinajstić information content (AvgIpc) is 2.82. The highest BCUT2D eigenvalue weighted by molar-refractivity contribution is 7.92. The van der Waals surface area contributed by atoms with Crippen molar-refractivity contribution in [3.63, 3.8) is 0 Å². The number of nitrogens with one attached hydrogen (secondary N) is 1. The van der Waals surface area contributed by atoms with Crippen LogP contribution in [0.25, 0.3) is 0 Å². The Morgan fingerprint density at radius 3 is 2.59 bits per heavy atom. The van der Waals surface area contributed by atoms with E-state index in [4.69, 9.17) is 16.3 Å². The van der Waals surface area contributed by atoms with Crippen molar-refractivity contribution in [1.29, 1.82) is 0 Å². The van der Waals surface area contributed by atoms with Gasteiger partial charge in [0.1, 0.15) is 5.75 Å². The van der Waals surface area contributed by atoms with E-state index in [2.05, 4.69) is 5.32 Å². The van der Waals surface area contributed by atoms with Crippen LogP contribution in [0.2, 0.25) is 5.02 Å². The van der Waals surface area contributed by atoms with Gasteiger partial charge in [0.25, 0.3) is 15.9 Å². The van der Waals surface area contributed by atoms with Crippen LogP contribution in [0.4, 0.5) is 5.69 Å². The van der Waals surface area contributed by atoms with Crippen molar-refractivity contribution in [3.8, 4) is 5.75 Å². The van der Waals surface area contributed by atoms with Gasteiger partial charge in [0.15, 0.2) is 0 Å². The summed E-state index contributed by atoms with van der Waals surface area (Å²) in [6.45, 7) is 0.717. The van der Waals surface area contributed by atoms with Crippen molar-refractivity contribution in [2.75, 3.05) is 18.0 Å². The van der Waals surface area contributed by atoms with Crippen LogP contribution in [0.5, 0.6) is 5.75 Å². The maximum atomic E-state index is 13.2. The summed E-state index contributed by atoms with van der Waals surface area (Å²) in [4.78, 5) is 12.9. The summed E-state index contributed by atoms with van der Waals surface area (Å²) in [5.74, 6) is 0.484. The summed E-state index contributed by atoms with van der Waals surface area (Å²) in [6.07, 6.45) is 1.38. The van der Waals surface area contributed by atoms with Gasteiger partial charge in [-0.05, 0) is 66.9 Å². The predicted molar refractivity (Wildman–Crippen MR) is 125 cm³/mol. The molecule has 1 aliphatic heterocycles. The first-order valence-corrected chi connectivity index (χ1v) is 12.0. The van der Waals surface area contributed by atoms with E-state index in [0.717, 1.165) is 11.1 Å². The fourth-order valence-corrected chi connectivity index (χ4v) is 5.48. The fraction of sp³-hybridized carbons (Fsp3) is 0.208. The normalized spacial score (nSPS) is 13.4. The lowest BCUT2D eigenvalue weighted by atomic mass is 10.0. The number of aryl methyl sites for hydroxylation is 1. The number of anilines is 1. The third kappa shape index (κ3) is 4.45. The van der Waals surface area contributed by atoms with Crippen LogP contribution < -0.4 is 14.4 Å². The van der Waals surface area contributed by atoms with Gasteiger partial charge >= 0.3 is 0 Å². The largest absolute Gasteiger partial charge is 0.496 e. The summed E-state index contributed by atoms with van der Waals surface area (Å²) in [7, 11) is -2.13. The van der Waals surface area contributed by atoms with E-state index in [0.29, 0.717) is 48.0 Å². The van der Waals surface area contributed by atoms with Crippen molar-refractivity contribution in [2.24, 2.45) is 0 Å². The molecule has 0 radical (unpaired) electrons. The standard InChI is InChI=1S/C24H23ClN2O4S/c1-31-23-7-3-2-5-19(23)16-26-24(28)18-8-13-22-17(15-18)6-4-14-27(22)32(29,30)21-11-9-20(25)10-12-21/h2-3,5,7-13,15H,4,6,14,16H2,1H3,(H,26,28). The van der Waals surface area contributed by atoms with Gasteiger partial charge in [0.05, 0.1) is 17.7 Å². The Labute approximate surface area is 192 Å². The zero-order chi connectivity index (χ0) is 22.7. The van der Waals surface area contributed by atoms with Gasteiger partial charge in [-0.1, -0.05) is 29.8 Å². The fourth-order valence-electron chi connectivity index (χ4n) is 3.81. The zero-order valence-corrected chi connectivity index (χ0v) is 19.1. The van der Waals surface area contributed by atoms with E-state index < -0.39 is 10.0 Å². The van der Waals surface area contributed by atoms with E-state index in [1.165, 1.54) is 16.4 Å². The molecule has 1 amide bonds. The monoisotopic (exact) mass is 470 g/mol. The van der Waals surface area contributed by atoms with E-state index >= 15 is 0 Å². The Bertz CT molecular complexity index is 1240. The number of sulfonamides is 1. The van der Waals surface area contributed by atoms with Gasteiger partial charge in [-0.25, -0.2) is 8.42 Å². The number of halogens is 1. The number of hydrogen-bond acceptors (Lipinski definition) is 4. The van der Waals surface area contributed by atoms with Crippen molar-refractivity contribution in [2.45, 2.75) is 24.3 Å². The van der Waals surface area contributed by atoms with Crippen molar-refractivity contribution in [1.82, 2.24) is 5.32 Å². The van der Waals surface area contributed by atoms with Crippen LogP contribution in [0.1, 0.15) is 27.9 Å². The second-order valence-corrected chi connectivity index (χ2v) is 9.77. The molecule has 6 nitrogen and oxygen atoms in total. The van der Waals surface area contributed by atoms with Crippen molar-refractivity contribution in [3.05, 3.63) is 88.4 Å². The number of nitrogens with zero attached hydrogens (tertiary/aromatic N) is 1. The number of para-hydroxylation sites is 1. The molecule has 0 unspecified atom stereocenters. The molecule has 0 spiro atoms. The summed E-state index contributed by atoms with van der Waals surface area (Å²) < 4.78 is 33.1. The summed E-state index contributed by atoms with van der Waals surface area (Å²) in [5.41, 5.74) is 2.80. The molecule has 1 aliphatic rings. The molecule has 4 rings (SSSR count). The van der Waals surface area contributed by atoms with Gasteiger partial charge in [-0.15, -0.1) is 0 Å². The highest BCUT2D eigenvalue weighted by Gasteiger charge is 2.29. The first-order valence-electron chi connectivity index (χ1n) is 10.2. The number of rotatable bonds is 6. The zero-order valence-electron chi connectivity index (χ0n) is 17.5. The van der Waals surface area contributed by atoms with Gasteiger partial charge < -0.3 is 10.1 Å². The molecule has 1 N–H and O–H groups in total. The van der Waals surface area contributed by atoms with E-state index in [1.807, 2.05) is 24.3 Å². The number of carbonyl (C=O) groups excluding carboxylic acids is 1. The van der Waals surface area contributed by atoms with Crippen LogP contribution >= 0.6 is 11.6 Å². The molecule has 8 heteroatoms. The minimum absolute atomic E-state index is 0.188. The quantitative estimate of drug-likeness (QED) is 0.578. The molecule has 32 heavy (non-hydrogen) atoms. The van der Waals surface area contributed by atoms with Crippen LogP contribution in [0, 0.1) is 0 Å². The number of carbonyl (C=O) groups is 1. The smallest absolute Gasteiger partial charge is 0.264 e. The maximum absolute atomic E-state index is 13.2. The summed E-state index contributed by atoms with van der Waals surface area (Å²) in [5, 5.41) is 3.38. The van der Waals surface area contributed by atoms with Crippen molar-refractivity contribution >= 4 is 33.2 Å². The third-order valence-electron chi connectivity index (χ3n) is 5.45. The minimum atomic E-state index is -3.72. The molecule has 0 saturated carbocycles. The SMILES string of the molecule is COc1ccccc1CNC(=O)c1ccc2c(c1)CCCN2S(=O)(=O)c1ccc(Cl)cc1.